The molecule has 0 atom stereocenters. The number of aromatic hydroxyl groups is 2. The van der Waals surface area contributed by atoms with E-state index in [1.807, 2.05) is 12.1 Å². The molecule has 0 aliphatic carbocycles. The van der Waals surface area contributed by atoms with E-state index in [0.717, 1.165) is 12.1 Å². The van der Waals surface area contributed by atoms with Crippen molar-refractivity contribution >= 4 is 11.4 Å². The molecule has 0 spiro atoms. The number of unbranched alkanes of at least 4 members (excludes halogenated alkanes) is 7. The largest absolute Gasteiger partial charge is 0.508 e. The van der Waals surface area contributed by atoms with Gasteiger partial charge in [0.05, 0.1) is 5.69 Å². The van der Waals surface area contributed by atoms with Crippen LogP contribution in [0.1, 0.15) is 63.9 Å². The van der Waals surface area contributed by atoms with Crippen LogP contribution in [0.2, 0.25) is 0 Å². The standard InChI is InChI=1S/C22H30N2O2/c1-2-3-4-5-6-7-8-9-10-18-11-13-19(14-12-18)23-24-21-16-15-20(25)17-22(21)26/h11-17,25-26H,2-10H2,1H3. The van der Waals surface area contributed by atoms with Crippen LogP contribution in [-0.4, -0.2) is 10.2 Å². The molecule has 0 saturated heterocycles. The molecule has 2 N–H and O–H groups in total. The fourth-order valence-corrected chi connectivity index (χ4v) is 2.90. The van der Waals surface area contributed by atoms with E-state index in [-0.39, 0.29) is 11.5 Å². The first kappa shape index (κ1) is 20.0. The quantitative estimate of drug-likeness (QED) is 0.331. The zero-order chi connectivity index (χ0) is 18.6. The van der Waals surface area contributed by atoms with Crippen LogP contribution in [0.15, 0.2) is 52.7 Å². The van der Waals surface area contributed by atoms with Crippen LogP contribution >= 0.6 is 0 Å². The molecule has 0 amide bonds. The van der Waals surface area contributed by atoms with E-state index < -0.39 is 0 Å². The lowest BCUT2D eigenvalue weighted by molar-refractivity contribution is 0.451. The van der Waals surface area contributed by atoms with Gasteiger partial charge in [-0.15, -0.1) is 5.11 Å². The number of phenolic OH excluding ortho intramolecular Hbond substituents is 2. The Hall–Kier alpha value is -2.36. The van der Waals surface area contributed by atoms with Gasteiger partial charge in [-0.1, -0.05) is 64.0 Å². The normalized spacial score (nSPS) is 11.3. The molecule has 0 radical (unpaired) electrons. The first-order valence-corrected chi connectivity index (χ1v) is 9.71. The Balaban J connectivity index is 1.71. The smallest absolute Gasteiger partial charge is 0.146 e. The molecule has 0 unspecified atom stereocenters. The molecule has 2 aromatic carbocycles. The SMILES string of the molecule is CCCCCCCCCCc1ccc(N=Nc2ccc(O)cc2O)cc1. The van der Waals surface area contributed by atoms with Gasteiger partial charge in [0.2, 0.25) is 0 Å². The predicted molar refractivity (Wildman–Crippen MR) is 107 cm³/mol. The van der Waals surface area contributed by atoms with Crippen molar-refractivity contribution in [3.63, 3.8) is 0 Å². The molecule has 2 aromatic rings. The summed E-state index contributed by atoms with van der Waals surface area (Å²) in [6, 6.07) is 12.3. The van der Waals surface area contributed by atoms with Gasteiger partial charge >= 0.3 is 0 Å². The summed E-state index contributed by atoms with van der Waals surface area (Å²) in [5.74, 6) is -0.0770. The highest BCUT2D eigenvalue weighted by Crippen LogP contribution is 2.31. The van der Waals surface area contributed by atoms with E-state index in [2.05, 4.69) is 29.3 Å². The monoisotopic (exact) mass is 354 g/mol. The number of azo groups is 1. The van der Waals surface area contributed by atoms with Gasteiger partial charge in [0.1, 0.15) is 17.2 Å². The maximum atomic E-state index is 9.70. The Morgan fingerprint density at radius 1 is 0.731 bits per heavy atom. The molecule has 26 heavy (non-hydrogen) atoms. The Morgan fingerprint density at radius 2 is 1.38 bits per heavy atom. The van der Waals surface area contributed by atoms with Gasteiger partial charge in [-0.25, -0.2) is 0 Å². The Kier molecular flexibility index (Phi) is 8.67. The fourth-order valence-electron chi connectivity index (χ4n) is 2.90. The van der Waals surface area contributed by atoms with E-state index in [9.17, 15) is 10.2 Å². The molecule has 0 aliphatic rings. The summed E-state index contributed by atoms with van der Waals surface area (Å²) in [6.45, 7) is 2.25. The summed E-state index contributed by atoms with van der Waals surface area (Å²) in [5.41, 5.74) is 2.41. The molecule has 0 aromatic heterocycles. The first-order chi connectivity index (χ1) is 12.7. The third-order valence-electron chi connectivity index (χ3n) is 4.49. The molecule has 0 aliphatic heterocycles. The summed E-state index contributed by atoms with van der Waals surface area (Å²) in [5, 5.41) is 27.1. The minimum atomic E-state index is -0.0833. The number of hydrogen-bond acceptors (Lipinski definition) is 4. The van der Waals surface area contributed by atoms with E-state index in [0.29, 0.717) is 5.69 Å². The molecule has 140 valence electrons. The van der Waals surface area contributed by atoms with Crippen molar-refractivity contribution in [1.82, 2.24) is 0 Å². The Bertz CT molecular complexity index is 681. The van der Waals surface area contributed by atoms with E-state index >= 15 is 0 Å². The van der Waals surface area contributed by atoms with Crippen LogP contribution in [0.3, 0.4) is 0 Å². The average Bonchev–Trinajstić information content (AvgIpc) is 2.64. The second kappa shape index (κ2) is 11.3. The summed E-state index contributed by atoms with van der Waals surface area (Å²) in [4.78, 5) is 0. The van der Waals surface area contributed by atoms with Gasteiger partial charge in [0.25, 0.3) is 0 Å². The lowest BCUT2D eigenvalue weighted by Gasteiger charge is -2.03. The van der Waals surface area contributed by atoms with E-state index in [1.165, 1.54) is 75.1 Å². The van der Waals surface area contributed by atoms with Crippen LogP contribution < -0.4 is 0 Å². The number of hydrogen-bond donors (Lipinski definition) is 2. The number of phenols is 2. The Labute approximate surface area is 156 Å². The van der Waals surface area contributed by atoms with Gasteiger partial charge in [0.15, 0.2) is 0 Å². The molecule has 2 rings (SSSR count). The molecule has 4 nitrogen and oxygen atoms in total. The van der Waals surface area contributed by atoms with E-state index in [4.69, 9.17) is 0 Å². The van der Waals surface area contributed by atoms with Crippen molar-refractivity contribution in [3.8, 4) is 11.5 Å². The van der Waals surface area contributed by atoms with Gasteiger partial charge in [-0.3, -0.25) is 0 Å². The Morgan fingerprint density at radius 3 is 2.04 bits per heavy atom. The topological polar surface area (TPSA) is 65.2 Å². The fraction of sp³-hybridized carbons (Fsp3) is 0.455. The van der Waals surface area contributed by atoms with Gasteiger partial charge in [-0.05, 0) is 42.7 Å². The molecule has 0 fully saturated rings. The van der Waals surface area contributed by atoms with Gasteiger partial charge in [-0.2, -0.15) is 5.11 Å². The van der Waals surface area contributed by atoms with Crippen molar-refractivity contribution in [2.45, 2.75) is 64.7 Å². The molecule has 0 saturated carbocycles. The van der Waals surface area contributed by atoms with Crippen molar-refractivity contribution < 1.29 is 10.2 Å². The zero-order valence-electron chi connectivity index (χ0n) is 15.7. The molecule has 4 heteroatoms. The van der Waals surface area contributed by atoms with Crippen molar-refractivity contribution in [2.75, 3.05) is 0 Å². The first-order valence-electron chi connectivity index (χ1n) is 9.71. The lowest BCUT2D eigenvalue weighted by Crippen LogP contribution is -1.86. The molecule has 0 heterocycles. The van der Waals surface area contributed by atoms with Crippen LogP contribution in [-0.2, 0) is 6.42 Å². The maximum absolute atomic E-state index is 9.70. The number of aryl methyl sites for hydroxylation is 1. The highest BCUT2D eigenvalue weighted by Gasteiger charge is 2.01. The summed E-state index contributed by atoms with van der Waals surface area (Å²) >= 11 is 0. The summed E-state index contributed by atoms with van der Waals surface area (Å²) in [7, 11) is 0. The van der Waals surface area contributed by atoms with Gasteiger partial charge in [0, 0.05) is 6.07 Å². The second-order valence-electron chi connectivity index (χ2n) is 6.76. The minimum Gasteiger partial charge on any atom is -0.508 e. The van der Waals surface area contributed by atoms with Crippen molar-refractivity contribution in [2.24, 2.45) is 10.2 Å². The third kappa shape index (κ3) is 7.26. The van der Waals surface area contributed by atoms with Crippen LogP contribution in [0, 0.1) is 0 Å². The highest BCUT2D eigenvalue weighted by atomic mass is 16.3. The van der Waals surface area contributed by atoms with Crippen molar-refractivity contribution in [3.05, 3.63) is 48.0 Å². The number of benzene rings is 2. The number of rotatable bonds is 11. The maximum Gasteiger partial charge on any atom is 0.146 e. The van der Waals surface area contributed by atoms with Crippen LogP contribution in [0.5, 0.6) is 11.5 Å². The molecular weight excluding hydrogens is 324 g/mol. The molecule has 0 bridgehead atoms. The average molecular weight is 354 g/mol. The highest BCUT2D eigenvalue weighted by molar-refractivity contribution is 5.53. The summed E-state index contributed by atoms with van der Waals surface area (Å²) < 4.78 is 0. The predicted octanol–water partition coefficient (Wildman–Crippen LogP) is 7.20. The van der Waals surface area contributed by atoms with E-state index in [1.54, 1.807) is 0 Å². The summed E-state index contributed by atoms with van der Waals surface area (Å²) in [6.07, 6.45) is 11.8. The second-order valence-corrected chi connectivity index (χ2v) is 6.76. The lowest BCUT2D eigenvalue weighted by atomic mass is 10.0. The van der Waals surface area contributed by atoms with Gasteiger partial charge < -0.3 is 10.2 Å². The van der Waals surface area contributed by atoms with Crippen LogP contribution in [0.25, 0.3) is 0 Å². The molecular formula is C22H30N2O2. The number of nitrogens with zero attached hydrogens (tertiary/aromatic N) is 2. The minimum absolute atomic E-state index is 0.00626. The van der Waals surface area contributed by atoms with Crippen LogP contribution in [0.4, 0.5) is 11.4 Å². The van der Waals surface area contributed by atoms with Crippen molar-refractivity contribution in [1.29, 1.82) is 0 Å². The third-order valence-corrected chi connectivity index (χ3v) is 4.49. The zero-order valence-corrected chi connectivity index (χ0v) is 15.7.